The molecule has 1 aromatic rings. The molecule has 0 atom stereocenters. The van der Waals surface area contributed by atoms with Gasteiger partial charge in [-0.2, -0.15) is 0 Å². The summed E-state index contributed by atoms with van der Waals surface area (Å²) in [5.41, 5.74) is -0.950. The number of halogens is 2. The molecular formula is C9H9F2NO3. The Morgan fingerprint density at radius 1 is 1.53 bits per heavy atom. The minimum Gasteiger partial charge on any atom is -0.469 e. The molecule has 6 heteroatoms. The first kappa shape index (κ1) is 11.4. The molecule has 0 aliphatic rings. The highest BCUT2D eigenvalue weighted by atomic mass is 19.3. The Hall–Kier alpha value is -1.72. The second-order valence-corrected chi connectivity index (χ2v) is 2.86. The van der Waals surface area contributed by atoms with Crippen LogP contribution in [0.15, 0.2) is 16.9 Å². The van der Waals surface area contributed by atoms with E-state index in [1.165, 1.54) is 7.11 Å². The van der Waals surface area contributed by atoms with Crippen LogP contribution in [-0.4, -0.2) is 18.1 Å². The number of nitrogens with one attached hydrogen (secondary N) is 1. The molecular weight excluding hydrogens is 208 g/mol. The third kappa shape index (κ3) is 3.16. The van der Waals surface area contributed by atoms with Crippen LogP contribution < -0.4 is 5.56 Å². The maximum atomic E-state index is 12.3. The van der Waals surface area contributed by atoms with Crippen LogP contribution in [0.2, 0.25) is 0 Å². The number of aromatic amines is 1. The Morgan fingerprint density at radius 3 is 2.73 bits per heavy atom. The Balaban J connectivity index is 2.99. The predicted molar refractivity (Wildman–Crippen MR) is 47.7 cm³/mol. The molecule has 0 aliphatic heterocycles. The van der Waals surface area contributed by atoms with E-state index in [1.54, 1.807) is 0 Å². The van der Waals surface area contributed by atoms with Gasteiger partial charge >= 0.3 is 5.97 Å². The number of pyridine rings is 1. The van der Waals surface area contributed by atoms with Gasteiger partial charge in [-0.25, -0.2) is 8.78 Å². The zero-order valence-corrected chi connectivity index (χ0v) is 7.92. The van der Waals surface area contributed by atoms with E-state index >= 15 is 0 Å². The topological polar surface area (TPSA) is 59.2 Å². The molecule has 0 radical (unpaired) electrons. The quantitative estimate of drug-likeness (QED) is 0.769. The first-order valence-electron chi connectivity index (χ1n) is 4.11. The molecule has 4 nitrogen and oxygen atoms in total. The number of carbonyl (C=O) groups is 1. The number of esters is 1. The van der Waals surface area contributed by atoms with Gasteiger partial charge in [0.1, 0.15) is 0 Å². The van der Waals surface area contributed by atoms with Crippen molar-refractivity contribution in [3.8, 4) is 0 Å². The molecule has 0 spiro atoms. The van der Waals surface area contributed by atoms with E-state index in [4.69, 9.17) is 0 Å². The number of hydrogen-bond donors (Lipinski definition) is 1. The van der Waals surface area contributed by atoms with Gasteiger partial charge in [0.25, 0.3) is 6.43 Å². The van der Waals surface area contributed by atoms with Crippen LogP contribution >= 0.6 is 0 Å². The minimum absolute atomic E-state index is 0.194. The fourth-order valence-electron chi connectivity index (χ4n) is 1.08. The summed E-state index contributed by atoms with van der Waals surface area (Å²) in [5.74, 6) is -0.583. The molecule has 0 saturated carbocycles. The van der Waals surface area contributed by atoms with Gasteiger partial charge in [-0.1, -0.05) is 0 Å². The molecule has 0 bridgehead atoms. The average molecular weight is 217 g/mol. The monoisotopic (exact) mass is 217 g/mol. The normalized spacial score (nSPS) is 10.4. The molecule has 0 fully saturated rings. The van der Waals surface area contributed by atoms with Crippen molar-refractivity contribution in [2.45, 2.75) is 12.8 Å². The van der Waals surface area contributed by atoms with Crippen molar-refractivity contribution in [1.29, 1.82) is 0 Å². The summed E-state index contributed by atoms with van der Waals surface area (Å²) in [5, 5.41) is 0. The fourth-order valence-corrected chi connectivity index (χ4v) is 1.08. The van der Waals surface area contributed by atoms with E-state index < -0.39 is 23.6 Å². The van der Waals surface area contributed by atoms with E-state index in [0.29, 0.717) is 0 Å². The van der Waals surface area contributed by atoms with Crippen molar-refractivity contribution >= 4 is 5.97 Å². The molecule has 1 N–H and O–H groups in total. The SMILES string of the molecule is COC(=O)Cc1cc(C(F)F)[nH]c(=O)c1. The second kappa shape index (κ2) is 4.68. The zero-order chi connectivity index (χ0) is 11.4. The Kier molecular flexibility index (Phi) is 3.54. The van der Waals surface area contributed by atoms with Crippen LogP contribution in [0, 0.1) is 0 Å². The van der Waals surface area contributed by atoms with Crippen LogP contribution in [0.3, 0.4) is 0 Å². The summed E-state index contributed by atoms with van der Waals surface area (Å²) in [7, 11) is 1.18. The van der Waals surface area contributed by atoms with E-state index in [0.717, 1.165) is 12.1 Å². The Morgan fingerprint density at radius 2 is 2.20 bits per heavy atom. The van der Waals surface area contributed by atoms with Crippen molar-refractivity contribution < 1.29 is 18.3 Å². The first-order valence-corrected chi connectivity index (χ1v) is 4.11. The fraction of sp³-hybridized carbons (Fsp3) is 0.333. The number of alkyl halides is 2. The summed E-state index contributed by atoms with van der Waals surface area (Å²) in [4.78, 5) is 23.8. The van der Waals surface area contributed by atoms with Crippen molar-refractivity contribution in [3.05, 3.63) is 33.7 Å². The van der Waals surface area contributed by atoms with Crippen molar-refractivity contribution in [3.63, 3.8) is 0 Å². The molecule has 1 heterocycles. The molecule has 1 rings (SSSR count). The number of carbonyl (C=O) groups excluding carboxylic acids is 1. The van der Waals surface area contributed by atoms with Crippen LogP contribution in [0.25, 0.3) is 0 Å². The number of hydrogen-bond acceptors (Lipinski definition) is 3. The maximum absolute atomic E-state index is 12.3. The number of rotatable bonds is 3. The van der Waals surface area contributed by atoms with Gasteiger partial charge < -0.3 is 9.72 Å². The van der Waals surface area contributed by atoms with Crippen LogP contribution in [0.1, 0.15) is 17.7 Å². The number of aromatic nitrogens is 1. The maximum Gasteiger partial charge on any atom is 0.309 e. The van der Waals surface area contributed by atoms with Crippen LogP contribution in [0.5, 0.6) is 0 Å². The summed E-state index contributed by atoms with van der Waals surface area (Å²) in [6.45, 7) is 0. The number of H-pyrrole nitrogens is 1. The van der Waals surface area contributed by atoms with E-state index in [2.05, 4.69) is 4.74 Å². The lowest BCUT2D eigenvalue weighted by Crippen LogP contribution is -2.12. The lowest BCUT2D eigenvalue weighted by molar-refractivity contribution is -0.139. The van der Waals surface area contributed by atoms with E-state index in [1.807, 2.05) is 4.98 Å². The van der Waals surface area contributed by atoms with Gasteiger partial charge in [0.05, 0.1) is 19.2 Å². The van der Waals surface area contributed by atoms with Gasteiger partial charge in [-0.15, -0.1) is 0 Å². The zero-order valence-electron chi connectivity index (χ0n) is 7.92. The van der Waals surface area contributed by atoms with Crippen LogP contribution in [0.4, 0.5) is 8.78 Å². The predicted octanol–water partition coefficient (Wildman–Crippen LogP) is 1.03. The average Bonchev–Trinajstić information content (AvgIpc) is 2.16. The van der Waals surface area contributed by atoms with Crippen molar-refractivity contribution in [1.82, 2.24) is 4.98 Å². The summed E-state index contributed by atoms with van der Waals surface area (Å²) >= 11 is 0. The second-order valence-electron chi connectivity index (χ2n) is 2.86. The number of methoxy groups -OCH3 is 1. The molecule has 0 saturated heterocycles. The first-order chi connectivity index (χ1) is 7.02. The summed E-state index contributed by atoms with van der Waals surface area (Å²) in [6.07, 6.45) is -2.96. The smallest absolute Gasteiger partial charge is 0.309 e. The van der Waals surface area contributed by atoms with Gasteiger partial charge in [0.15, 0.2) is 0 Å². The van der Waals surface area contributed by atoms with E-state index in [9.17, 15) is 18.4 Å². The highest BCUT2D eigenvalue weighted by Crippen LogP contribution is 2.15. The highest BCUT2D eigenvalue weighted by Gasteiger charge is 2.11. The molecule has 0 aliphatic carbocycles. The minimum atomic E-state index is -2.77. The lowest BCUT2D eigenvalue weighted by atomic mass is 10.1. The highest BCUT2D eigenvalue weighted by molar-refractivity contribution is 5.72. The van der Waals surface area contributed by atoms with Gasteiger partial charge in [0.2, 0.25) is 5.56 Å². The third-order valence-corrected chi connectivity index (χ3v) is 1.74. The molecule has 0 unspecified atom stereocenters. The Bertz CT molecular complexity index is 414. The largest absolute Gasteiger partial charge is 0.469 e. The van der Waals surface area contributed by atoms with Crippen LogP contribution in [-0.2, 0) is 16.0 Å². The molecule has 15 heavy (non-hydrogen) atoms. The molecule has 82 valence electrons. The Labute approximate surface area is 83.9 Å². The molecule has 1 aromatic heterocycles. The van der Waals surface area contributed by atoms with Gasteiger partial charge in [0, 0.05) is 6.07 Å². The van der Waals surface area contributed by atoms with E-state index in [-0.39, 0.29) is 12.0 Å². The van der Waals surface area contributed by atoms with Crippen molar-refractivity contribution in [2.24, 2.45) is 0 Å². The molecule has 0 amide bonds. The van der Waals surface area contributed by atoms with Gasteiger partial charge in [-0.05, 0) is 11.6 Å². The third-order valence-electron chi connectivity index (χ3n) is 1.74. The van der Waals surface area contributed by atoms with Crippen molar-refractivity contribution in [2.75, 3.05) is 7.11 Å². The summed E-state index contributed by atoms with van der Waals surface area (Å²) in [6, 6.07) is 2.16. The number of ether oxygens (including phenoxy) is 1. The van der Waals surface area contributed by atoms with Gasteiger partial charge in [-0.3, -0.25) is 9.59 Å². The standard InChI is InChI=1S/C9H9F2NO3/c1-15-8(14)4-5-2-6(9(10)11)12-7(13)3-5/h2-3,9H,4H2,1H3,(H,12,13). The molecule has 0 aromatic carbocycles. The summed E-state index contributed by atoms with van der Waals surface area (Å²) < 4.78 is 28.9. The lowest BCUT2D eigenvalue weighted by Gasteiger charge is -2.03.